The first-order chi connectivity index (χ1) is 17.4. The second kappa shape index (κ2) is 10.9. The van der Waals surface area contributed by atoms with Crippen molar-refractivity contribution in [2.75, 3.05) is 42.0 Å². The molecule has 9 heteroatoms. The molecule has 0 unspecified atom stereocenters. The lowest BCUT2D eigenvalue weighted by Gasteiger charge is -2.39. The van der Waals surface area contributed by atoms with Crippen LogP contribution < -0.4 is 24.3 Å². The minimum atomic E-state index is -0.619. The molecule has 1 aromatic heterocycles. The minimum Gasteiger partial charge on any atom is -0.493 e. The molecule has 2 amide bonds. The number of carbonyl (C=O) groups is 2. The van der Waals surface area contributed by atoms with Crippen molar-refractivity contribution in [1.29, 1.82) is 0 Å². The molecule has 2 heterocycles. The second-order valence-corrected chi connectivity index (χ2v) is 9.36. The number of methoxy groups -OCH3 is 4. The lowest BCUT2D eigenvalue weighted by molar-refractivity contribution is -0.124. The fourth-order valence-electron chi connectivity index (χ4n) is 4.62. The van der Waals surface area contributed by atoms with Gasteiger partial charge in [0.05, 0.1) is 40.4 Å². The van der Waals surface area contributed by atoms with Crippen LogP contribution in [0.25, 0.3) is 0 Å². The first kappa shape index (κ1) is 25.4. The molecule has 1 aliphatic heterocycles. The number of fused-ring (bicyclic) bond motifs is 1. The van der Waals surface area contributed by atoms with E-state index in [1.54, 1.807) is 38.3 Å². The van der Waals surface area contributed by atoms with Crippen LogP contribution in [-0.4, -0.2) is 58.7 Å². The van der Waals surface area contributed by atoms with Crippen LogP contribution in [0.3, 0.4) is 0 Å². The number of rotatable bonds is 9. The van der Waals surface area contributed by atoms with Gasteiger partial charge in [-0.15, -0.1) is 11.3 Å². The second-order valence-electron chi connectivity index (χ2n) is 8.38. The van der Waals surface area contributed by atoms with E-state index in [0.29, 0.717) is 47.1 Å². The SMILES string of the molecule is COc1ccc(CCNC(=O)[C@H]2c3cc(OC)c(OC)cc3C(=O)N(C)[C@@H]2c2cccs2)cc1OC. The van der Waals surface area contributed by atoms with Gasteiger partial charge in [-0.3, -0.25) is 9.59 Å². The molecule has 190 valence electrons. The Morgan fingerprint density at radius 1 is 0.944 bits per heavy atom. The number of nitrogens with zero attached hydrogens (tertiary/aromatic N) is 1. The number of carbonyl (C=O) groups excluding carboxylic acids is 2. The third-order valence-corrected chi connectivity index (χ3v) is 7.40. The number of nitrogens with one attached hydrogen (secondary N) is 1. The topological polar surface area (TPSA) is 86.3 Å². The standard InChI is InChI=1S/C27H30N2O6S/c1-29-25(23-7-6-12-36-23)24(17-14-21(34-4)22(35-5)15-18(17)27(29)31)26(30)28-11-10-16-8-9-19(32-2)20(13-16)33-3/h6-9,12-15,24-25H,10-11H2,1-5H3,(H,28,30)/t24-,25+/m0/s1. The number of benzene rings is 2. The van der Waals surface area contributed by atoms with Gasteiger partial charge in [-0.25, -0.2) is 0 Å². The summed E-state index contributed by atoms with van der Waals surface area (Å²) >= 11 is 1.52. The average molecular weight is 511 g/mol. The number of likely N-dealkylation sites (N-methyl/N-ethyl adjacent to an activating group) is 1. The van der Waals surface area contributed by atoms with Crippen LogP contribution in [0.5, 0.6) is 23.0 Å². The van der Waals surface area contributed by atoms with Crippen LogP contribution in [0.1, 0.15) is 38.3 Å². The van der Waals surface area contributed by atoms with Gasteiger partial charge in [0.15, 0.2) is 23.0 Å². The van der Waals surface area contributed by atoms with Gasteiger partial charge in [0.2, 0.25) is 5.91 Å². The third kappa shape index (κ3) is 4.70. The number of amides is 2. The molecule has 1 N–H and O–H groups in total. The van der Waals surface area contributed by atoms with E-state index in [9.17, 15) is 9.59 Å². The van der Waals surface area contributed by atoms with Crippen LogP contribution in [0.15, 0.2) is 47.8 Å². The summed E-state index contributed by atoms with van der Waals surface area (Å²) in [6.45, 7) is 0.419. The lowest BCUT2D eigenvalue weighted by Crippen LogP contribution is -2.45. The Kier molecular flexibility index (Phi) is 7.69. The Labute approximate surface area is 214 Å². The predicted molar refractivity (Wildman–Crippen MR) is 138 cm³/mol. The molecule has 0 saturated carbocycles. The van der Waals surface area contributed by atoms with E-state index in [1.807, 2.05) is 35.7 Å². The molecule has 36 heavy (non-hydrogen) atoms. The van der Waals surface area contributed by atoms with Crippen molar-refractivity contribution in [3.05, 3.63) is 69.4 Å². The molecule has 2 aromatic carbocycles. The first-order valence-electron chi connectivity index (χ1n) is 11.5. The monoisotopic (exact) mass is 510 g/mol. The number of hydrogen-bond acceptors (Lipinski definition) is 7. The Hall–Kier alpha value is -3.72. The van der Waals surface area contributed by atoms with E-state index in [4.69, 9.17) is 18.9 Å². The highest BCUT2D eigenvalue weighted by Crippen LogP contribution is 2.46. The van der Waals surface area contributed by atoms with Gasteiger partial charge in [-0.05, 0) is 53.3 Å². The lowest BCUT2D eigenvalue weighted by atomic mass is 9.81. The van der Waals surface area contributed by atoms with Gasteiger partial charge < -0.3 is 29.2 Å². The predicted octanol–water partition coefficient (Wildman–Crippen LogP) is 4.05. The summed E-state index contributed by atoms with van der Waals surface area (Å²) in [6, 6.07) is 12.5. The van der Waals surface area contributed by atoms with Crippen LogP contribution in [0.4, 0.5) is 0 Å². The quantitative estimate of drug-likeness (QED) is 0.468. The summed E-state index contributed by atoms with van der Waals surface area (Å²) in [5, 5.41) is 5.03. The van der Waals surface area contributed by atoms with Crippen molar-refractivity contribution >= 4 is 23.2 Å². The van der Waals surface area contributed by atoms with Gasteiger partial charge in [0.1, 0.15) is 0 Å². The Balaban J connectivity index is 1.64. The summed E-state index contributed by atoms with van der Waals surface area (Å²) in [5.41, 5.74) is 2.06. The highest BCUT2D eigenvalue weighted by atomic mass is 32.1. The summed E-state index contributed by atoms with van der Waals surface area (Å²) in [4.78, 5) is 29.6. The molecular weight excluding hydrogens is 480 g/mol. The van der Waals surface area contributed by atoms with Gasteiger partial charge in [0, 0.05) is 24.0 Å². The zero-order valence-electron chi connectivity index (χ0n) is 21.0. The number of ether oxygens (including phenoxy) is 4. The molecule has 0 radical (unpaired) electrons. The van der Waals surface area contributed by atoms with Crippen LogP contribution in [0.2, 0.25) is 0 Å². The molecule has 0 spiro atoms. The molecule has 2 atom stereocenters. The van der Waals surface area contributed by atoms with E-state index < -0.39 is 12.0 Å². The van der Waals surface area contributed by atoms with Crippen LogP contribution >= 0.6 is 11.3 Å². The molecule has 1 aliphatic rings. The van der Waals surface area contributed by atoms with E-state index in [-0.39, 0.29) is 11.8 Å². The maximum atomic E-state index is 13.7. The van der Waals surface area contributed by atoms with Crippen molar-refractivity contribution in [1.82, 2.24) is 10.2 Å². The molecule has 4 rings (SSSR count). The van der Waals surface area contributed by atoms with Gasteiger partial charge >= 0.3 is 0 Å². The largest absolute Gasteiger partial charge is 0.493 e. The van der Waals surface area contributed by atoms with Crippen molar-refractivity contribution in [2.24, 2.45) is 0 Å². The normalized spacial score (nSPS) is 16.8. The van der Waals surface area contributed by atoms with E-state index in [0.717, 1.165) is 10.4 Å². The van der Waals surface area contributed by atoms with Crippen LogP contribution in [0, 0.1) is 0 Å². The fraction of sp³-hybridized carbons (Fsp3) is 0.333. The number of thiophene rings is 1. The smallest absolute Gasteiger partial charge is 0.254 e. The van der Waals surface area contributed by atoms with Crippen molar-refractivity contribution in [3.63, 3.8) is 0 Å². The maximum absolute atomic E-state index is 13.7. The Morgan fingerprint density at radius 2 is 1.61 bits per heavy atom. The highest BCUT2D eigenvalue weighted by molar-refractivity contribution is 7.10. The highest BCUT2D eigenvalue weighted by Gasteiger charge is 2.44. The van der Waals surface area contributed by atoms with Crippen LogP contribution in [-0.2, 0) is 11.2 Å². The molecule has 0 saturated heterocycles. The molecule has 0 fully saturated rings. The van der Waals surface area contributed by atoms with Gasteiger partial charge in [-0.2, -0.15) is 0 Å². The molecule has 0 bridgehead atoms. The molecule has 8 nitrogen and oxygen atoms in total. The number of hydrogen-bond donors (Lipinski definition) is 1. The Morgan fingerprint density at radius 3 is 2.25 bits per heavy atom. The zero-order chi connectivity index (χ0) is 25.8. The maximum Gasteiger partial charge on any atom is 0.254 e. The molecular formula is C27H30N2O6S. The van der Waals surface area contributed by atoms with Gasteiger partial charge in [0.25, 0.3) is 5.91 Å². The van der Waals surface area contributed by atoms with E-state index in [2.05, 4.69) is 5.32 Å². The molecule has 0 aliphatic carbocycles. The van der Waals surface area contributed by atoms with Crippen molar-refractivity contribution in [3.8, 4) is 23.0 Å². The minimum absolute atomic E-state index is 0.165. The third-order valence-electron chi connectivity index (χ3n) is 6.45. The van der Waals surface area contributed by atoms with Gasteiger partial charge in [-0.1, -0.05) is 12.1 Å². The fourth-order valence-corrected chi connectivity index (χ4v) is 5.53. The summed E-state index contributed by atoms with van der Waals surface area (Å²) in [6.07, 6.45) is 0.607. The Bertz CT molecular complexity index is 1240. The van der Waals surface area contributed by atoms with Crippen molar-refractivity contribution < 1.29 is 28.5 Å². The summed E-state index contributed by atoms with van der Waals surface area (Å²) < 4.78 is 21.6. The van der Waals surface area contributed by atoms with Crippen molar-refractivity contribution in [2.45, 2.75) is 18.4 Å². The first-order valence-corrected chi connectivity index (χ1v) is 12.4. The average Bonchev–Trinajstić information content (AvgIpc) is 3.44. The summed E-state index contributed by atoms with van der Waals surface area (Å²) in [5.74, 6) is 1.26. The van der Waals surface area contributed by atoms with E-state index in [1.165, 1.54) is 25.6 Å². The summed E-state index contributed by atoms with van der Waals surface area (Å²) in [7, 11) is 7.98. The van der Waals surface area contributed by atoms with E-state index >= 15 is 0 Å². The molecule has 3 aromatic rings. The zero-order valence-corrected chi connectivity index (χ0v) is 21.8.